The van der Waals surface area contributed by atoms with Crippen molar-refractivity contribution in [1.29, 1.82) is 0 Å². The lowest BCUT2D eigenvalue weighted by Crippen LogP contribution is -2.33. The van der Waals surface area contributed by atoms with E-state index >= 15 is 0 Å². The molecule has 1 heterocycles. The van der Waals surface area contributed by atoms with Gasteiger partial charge in [-0.3, -0.25) is 0 Å². The van der Waals surface area contributed by atoms with Crippen LogP contribution >= 0.6 is 0 Å². The first kappa shape index (κ1) is 10.3. The highest BCUT2D eigenvalue weighted by atomic mass is 16.5. The quantitative estimate of drug-likeness (QED) is 0.811. The van der Waals surface area contributed by atoms with Gasteiger partial charge in [0, 0.05) is 31.4 Å². The highest BCUT2D eigenvalue weighted by molar-refractivity contribution is 5.51. The lowest BCUT2D eigenvalue weighted by atomic mass is 10.2. The molecule has 1 aliphatic rings. The van der Waals surface area contributed by atoms with Crippen molar-refractivity contribution in [1.82, 2.24) is 5.32 Å². The van der Waals surface area contributed by atoms with Gasteiger partial charge in [0.2, 0.25) is 0 Å². The minimum atomic E-state index is 0.608. The van der Waals surface area contributed by atoms with Crippen molar-refractivity contribution >= 4 is 5.69 Å². The average Bonchev–Trinajstić information content (AvgIpc) is 2.81. The molecule has 1 aliphatic heterocycles. The molecule has 1 atom stereocenters. The fourth-order valence-corrected chi connectivity index (χ4v) is 2.01. The van der Waals surface area contributed by atoms with E-state index in [-0.39, 0.29) is 0 Å². The maximum Gasteiger partial charge on any atom is 0.120 e. The Morgan fingerprint density at radius 2 is 2.33 bits per heavy atom. The number of nitrogens with zero attached hydrogens (tertiary/aromatic N) is 1. The number of benzene rings is 1. The Kier molecular flexibility index (Phi) is 3.11. The molecule has 3 nitrogen and oxygen atoms in total. The molecule has 1 unspecified atom stereocenters. The van der Waals surface area contributed by atoms with Crippen LogP contribution < -0.4 is 15.0 Å². The van der Waals surface area contributed by atoms with E-state index in [9.17, 15) is 0 Å². The summed E-state index contributed by atoms with van der Waals surface area (Å²) in [5.41, 5.74) is 1.23. The summed E-state index contributed by atoms with van der Waals surface area (Å²) in [6.07, 6.45) is 1.22. The van der Waals surface area contributed by atoms with Crippen molar-refractivity contribution in [2.24, 2.45) is 0 Å². The van der Waals surface area contributed by atoms with E-state index in [1.165, 1.54) is 12.1 Å². The van der Waals surface area contributed by atoms with Crippen LogP contribution in [0.2, 0.25) is 0 Å². The molecule has 1 fully saturated rings. The minimum Gasteiger partial charge on any atom is -0.497 e. The topological polar surface area (TPSA) is 24.5 Å². The van der Waals surface area contributed by atoms with Gasteiger partial charge in [-0.15, -0.1) is 0 Å². The van der Waals surface area contributed by atoms with E-state index in [1.807, 2.05) is 12.1 Å². The van der Waals surface area contributed by atoms with Gasteiger partial charge in [0.05, 0.1) is 7.11 Å². The predicted octanol–water partition coefficient (Wildman–Crippen LogP) is 1.49. The fraction of sp³-hybridized carbons (Fsp3) is 0.500. The van der Waals surface area contributed by atoms with Crippen LogP contribution in [0.1, 0.15) is 6.42 Å². The fourth-order valence-electron chi connectivity index (χ4n) is 2.01. The Morgan fingerprint density at radius 3 is 3.00 bits per heavy atom. The summed E-state index contributed by atoms with van der Waals surface area (Å²) < 4.78 is 5.23. The maximum absolute atomic E-state index is 5.23. The zero-order valence-electron chi connectivity index (χ0n) is 9.36. The van der Waals surface area contributed by atoms with E-state index in [0.717, 1.165) is 18.8 Å². The molecule has 0 amide bonds. The first-order valence-electron chi connectivity index (χ1n) is 5.39. The molecule has 0 bridgehead atoms. The normalized spacial score (nSPS) is 20.3. The van der Waals surface area contributed by atoms with Crippen molar-refractivity contribution in [2.75, 3.05) is 32.1 Å². The number of ether oxygens (including phenoxy) is 1. The molecule has 0 saturated carbocycles. The van der Waals surface area contributed by atoms with Crippen molar-refractivity contribution in [2.45, 2.75) is 12.5 Å². The van der Waals surface area contributed by atoms with Gasteiger partial charge >= 0.3 is 0 Å². The van der Waals surface area contributed by atoms with Gasteiger partial charge in [0.1, 0.15) is 5.75 Å². The predicted molar refractivity (Wildman–Crippen MR) is 62.7 cm³/mol. The third-order valence-corrected chi connectivity index (χ3v) is 3.04. The number of methoxy groups -OCH3 is 1. The highest BCUT2D eigenvalue weighted by Gasteiger charge is 2.19. The number of likely N-dealkylation sites (N-methyl/N-ethyl adjacent to an activating group) is 1. The molecule has 3 heteroatoms. The van der Waals surface area contributed by atoms with Gasteiger partial charge in [-0.1, -0.05) is 6.07 Å². The van der Waals surface area contributed by atoms with Crippen LogP contribution in [0.15, 0.2) is 24.3 Å². The zero-order chi connectivity index (χ0) is 10.7. The van der Waals surface area contributed by atoms with Crippen molar-refractivity contribution in [3.05, 3.63) is 24.3 Å². The molecule has 0 radical (unpaired) electrons. The van der Waals surface area contributed by atoms with E-state index in [2.05, 4.69) is 29.4 Å². The van der Waals surface area contributed by atoms with Gasteiger partial charge in [-0.2, -0.15) is 0 Å². The van der Waals surface area contributed by atoms with Crippen LogP contribution in [0.4, 0.5) is 5.69 Å². The van der Waals surface area contributed by atoms with E-state index in [1.54, 1.807) is 7.11 Å². The lowest BCUT2D eigenvalue weighted by Gasteiger charge is -2.26. The summed E-state index contributed by atoms with van der Waals surface area (Å²) in [5.74, 6) is 0.922. The first-order chi connectivity index (χ1) is 7.31. The molecular formula is C12H18N2O. The molecule has 0 aromatic heterocycles. The van der Waals surface area contributed by atoms with Crippen molar-refractivity contribution < 1.29 is 4.74 Å². The van der Waals surface area contributed by atoms with Crippen LogP contribution in [0.3, 0.4) is 0 Å². The highest BCUT2D eigenvalue weighted by Crippen LogP contribution is 2.22. The number of rotatable bonds is 3. The van der Waals surface area contributed by atoms with Crippen LogP contribution in [-0.4, -0.2) is 33.3 Å². The zero-order valence-corrected chi connectivity index (χ0v) is 9.36. The largest absolute Gasteiger partial charge is 0.497 e. The standard InChI is InChI=1S/C12H18N2O/c1-14(11-6-7-13-9-11)10-4-3-5-12(8-10)15-2/h3-5,8,11,13H,6-7,9H2,1-2H3. The maximum atomic E-state index is 5.23. The number of anilines is 1. The summed E-state index contributed by atoms with van der Waals surface area (Å²) in [4.78, 5) is 2.32. The smallest absolute Gasteiger partial charge is 0.120 e. The van der Waals surface area contributed by atoms with E-state index in [0.29, 0.717) is 6.04 Å². The minimum absolute atomic E-state index is 0.608. The molecule has 15 heavy (non-hydrogen) atoms. The van der Waals surface area contributed by atoms with Gasteiger partial charge in [0.25, 0.3) is 0 Å². The van der Waals surface area contributed by atoms with Gasteiger partial charge in [-0.25, -0.2) is 0 Å². The van der Waals surface area contributed by atoms with Crippen LogP contribution in [0.5, 0.6) is 5.75 Å². The summed E-state index contributed by atoms with van der Waals surface area (Å²) in [5, 5.41) is 3.38. The molecule has 1 aromatic carbocycles. The second-order valence-electron chi connectivity index (χ2n) is 3.96. The Balaban J connectivity index is 2.13. The molecule has 1 saturated heterocycles. The molecule has 0 aliphatic carbocycles. The van der Waals surface area contributed by atoms with E-state index < -0.39 is 0 Å². The van der Waals surface area contributed by atoms with Gasteiger partial charge in [0.15, 0.2) is 0 Å². The molecule has 0 spiro atoms. The number of hydrogen-bond acceptors (Lipinski definition) is 3. The van der Waals surface area contributed by atoms with E-state index in [4.69, 9.17) is 4.74 Å². The molecular weight excluding hydrogens is 188 g/mol. The van der Waals surface area contributed by atoms with Crippen molar-refractivity contribution in [3.63, 3.8) is 0 Å². The Bertz CT molecular complexity index is 321. The second kappa shape index (κ2) is 4.53. The summed E-state index contributed by atoms with van der Waals surface area (Å²) in [7, 11) is 3.85. The summed E-state index contributed by atoms with van der Waals surface area (Å²) in [6, 6.07) is 8.83. The first-order valence-corrected chi connectivity index (χ1v) is 5.39. The summed E-state index contributed by atoms with van der Waals surface area (Å²) >= 11 is 0. The summed E-state index contributed by atoms with van der Waals surface area (Å²) in [6.45, 7) is 2.20. The van der Waals surface area contributed by atoms with Crippen molar-refractivity contribution in [3.8, 4) is 5.75 Å². The third-order valence-electron chi connectivity index (χ3n) is 3.04. The van der Waals surface area contributed by atoms with Crippen LogP contribution in [-0.2, 0) is 0 Å². The Labute approximate surface area is 91.0 Å². The second-order valence-corrected chi connectivity index (χ2v) is 3.96. The van der Waals surface area contributed by atoms with Gasteiger partial charge in [-0.05, 0) is 25.1 Å². The molecule has 82 valence electrons. The van der Waals surface area contributed by atoms with Crippen LogP contribution in [0.25, 0.3) is 0 Å². The Morgan fingerprint density at radius 1 is 1.47 bits per heavy atom. The average molecular weight is 206 g/mol. The molecule has 2 rings (SSSR count). The van der Waals surface area contributed by atoms with Crippen LogP contribution in [0, 0.1) is 0 Å². The SMILES string of the molecule is COc1cccc(N(C)C2CCNC2)c1. The number of hydrogen-bond donors (Lipinski definition) is 1. The third kappa shape index (κ3) is 2.23. The Hall–Kier alpha value is -1.22. The number of nitrogens with one attached hydrogen (secondary N) is 1. The lowest BCUT2D eigenvalue weighted by molar-refractivity contribution is 0.414. The molecule has 1 N–H and O–H groups in total. The van der Waals surface area contributed by atoms with Gasteiger partial charge < -0.3 is 15.0 Å². The molecule has 1 aromatic rings. The monoisotopic (exact) mass is 206 g/mol.